The van der Waals surface area contributed by atoms with Crippen LogP contribution in [0.4, 0.5) is 0 Å². The zero-order chi connectivity index (χ0) is 13.8. The molecule has 0 aromatic heterocycles. The zero-order valence-corrected chi connectivity index (χ0v) is 12.7. The molecule has 0 aliphatic carbocycles. The summed E-state index contributed by atoms with van der Waals surface area (Å²) < 4.78 is 0. The van der Waals surface area contributed by atoms with Gasteiger partial charge in [0.25, 0.3) is 0 Å². The van der Waals surface area contributed by atoms with Crippen molar-refractivity contribution in [3.63, 3.8) is 0 Å². The molecule has 0 saturated carbocycles. The van der Waals surface area contributed by atoms with Crippen molar-refractivity contribution in [2.45, 2.75) is 48.0 Å². The Morgan fingerprint density at radius 3 is 1.94 bits per heavy atom. The fourth-order valence-electron chi connectivity index (χ4n) is 1.66. The Bertz CT molecular complexity index is 338. The van der Waals surface area contributed by atoms with E-state index in [2.05, 4.69) is 39.5 Å². The van der Waals surface area contributed by atoms with E-state index in [1.54, 1.807) is 0 Å². The number of nitrogens with zero attached hydrogens (tertiary/aromatic N) is 1. The molecule has 0 bridgehead atoms. The van der Waals surface area contributed by atoms with Gasteiger partial charge in [0.2, 0.25) is 0 Å². The van der Waals surface area contributed by atoms with Gasteiger partial charge in [0, 0.05) is 19.8 Å². The topological polar surface area (TPSA) is 27.1 Å². The Morgan fingerprint density at radius 2 is 1.65 bits per heavy atom. The van der Waals surface area contributed by atoms with E-state index >= 15 is 0 Å². The number of nitrogens with one attached hydrogen (secondary N) is 1. The Balaban J connectivity index is 5.22. The summed E-state index contributed by atoms with van der Waals surface area (Å²) in [7, 11) is 4.03. The lowest BCUT2D eigenvalue weighted by molar-refractivity contribution is 0.488. The van der Waals surface area contributed by atoms with Crippen LogP contribution >= 0.6 is 0 Å². The molecule has 0 amide bonds. The molecule has 98 valence electrons. The summed E-state index contributed by atoms with van der Waals surface area (Å²) in [6.45, 7) is 12.8. The quantitative estimate of drug-likeness (QED) is 0.726. The first-order valence-electron chi connectivity index (χ1n) is 6.26. The van der Waals surface area contributed by atoms with Crippen LogP contribution in [0.2, 0.25) is 0 Å². The van der Waals surface area contributed by atoms with Crippen LogP contribution in [-0.2, 0) is 0 Å². The van der Waals surface area contributed by atoms with Crippen LogP contribution in [-0.4, -0.2) is 24.7 Å². The smallest absolute Gasteiger partial charge is 0.0585 e. The van der Waals surface area contributed by atoms with Crippen molar-refractivity contribution in [3.05, 3.63) is 22.9 Å². The van der Waals surface area contributed by atoms with Gasteiger partial charge in [-0.2, -0.15) is 0 Å². The minimum Gasteiger partial charge on any atom is -0.381 e. The molecule has 0 fully saturated rings. The van der Waals surface area contributed by atoms with Gasteiger partial charge in [-0.05, 0) is 37.3 Å². The van der Waals surface area contributed by atoms with Gasteiger partial charge in [0.05, 0.1) is 5.71 Å². The fraction of sp³-hybridized carbons (Fsp3) is 0.667. The first-order valence-corrected chi connectivity index (χ1v) is 6.26. The van der Waals surface area contributed by atoms with E-state index in [0.717, 1.165) is 17.7 Å². The second kappa shape index (κ2) is 6.04. The van der Waals surface area contributed by atoms with Crippen LogP contribution in [0, 0.1) is 10.8 Å². The third-order valence-electron chi connectivity index (χ3n) is 3.28. The van der Waals surface area contributed by atoms with E-state index in [0.29, 0.717) is 5.71 Å². The Morgan fingerprint density at radius 1 is 1.18 bits per heavy atom. The molecule has 0 rings (SSSR count). The lowest BCUT2D eigenvalue weighted by Gasteiger charge is -2.23. The monoisotopic (exact) mass is 236 g/mol. The summed E-state index contributed by atoms with van der Waals surface area (Å²) in [6.07, 6.45) is 3.03. The van der Waals surface area contributed by atoms with Crippen LogP contribution in [0.5, 0.6) is 0 Å². The van der Waals surface area contributed by atoms with Crippen LogP contribution in [0.15, 0.2) is 22.9 Å². The van der Waals surface area contributed by atoms with Gasteiger partial charge in [-0.15, -0.1) is 0 Å². The molecule has 0 aromatic carbocycles. The molecular weight excluding hydrogens is 208 g/mol. The Hall–Kier alpha value is -1.05. The number of hydrogen-bond acceptors (Lipinski definition) is 2. The van der Waals surface area contributed by atoms with Crippen molar-refractivity contribution in [2.24, 2.45) is 5.41 Å². The minimum atomic E-state index is 0.146. The summed E-state index contributed by atoms with van der Waals surface area (Å²) in [5, 5.41) is 8.17. The average molecular weight is 236 g/mol. The first-order chi connectivity index (χ1) is 7.61. The van der Waals surface area contributed by atoms with E-state index in [9.17, 15) is 0 Å². The molecule has 0 saturated heterocycles. The summed E-state index contributed by atoms with van der Waals surface area (Å²) in [6, 6.07) is 0. The lowest BCUT2D eigenvalue weighted by atomic mass is 9.83. The first kappa shape index (κ1) is 16.0. The second-order valence-electron chi connectivity index (χ2n) is 5.79. The van der Waals surface area contributed by atoms with Crippen LogP contribution < -0.4 is 0 Å². The maximum atomic E-state index is 8.17. The van der Waals surface area contributed by atoms with Crippen molar-refractivity contribution in [2.75, 3.05) is 14.1 Å². The van der Waals surface area contributed by atoms with Crippen LogP contribution in [0.1, 0.15) is 48.0 Å². The molecule has 2 nitrogen and oxygen atoms in total. The summed E-state index contributed by atoms with van der Waals surface area (Å²) in [5.74, 6) is 0. The molecule has 0 unspecified atom stereocenters. The van der Waals surface area contributed by atoms with Gasteiger partial charge in [0.15, 0.2) is 0 Å². The Labute approximate surface area is 107 Å². The second-order valence-corrected chi connectivity index (χ2v) is 5.79. The van der Waals surface area contributed by atoms with Crippen LogP contribution in [0.3, 0.4) is 0 Å². The highest BCUT2D eigenvalue weighted by Crippen LogP contribution is 2.28. The van der Waals surface area contributed by atoms with Gasteiger partial charge in [-0.1, -0.05) is 33.3 Å². The SMILES string of the molecule is CC/C(=C\C(=N)C(C)=C(C)N(C)C)C(C)(C)C. The molecule has 1 N–H and O–H groups in total. The lowest BCUT2D eigenvalue weighted by Crippen LogP contribution is -2.15. The summed E-state index contributed by atoms with van der Waals surface area (Å²) in [5.41, 5.74) is 4.30. The van der Waals surface area contributed by atoms with Crippen molar-refractivity contribution in [1.82, 2.24) is 4.90 Å². The Kier molecular flexibility index (Phi) is 5.67. The summed E-state index contributed by atoms with van der Waals surface area (Å²) >= 11 is 0. The molecule has 0 atom stereocenters. The molecule has 0 spiro atoms. The van der Waals surface area contributed by atoms with E-state index in [-0.39, 0.29) is 5.41 Å². The molecule has 0 radical (unpaired) electrons. The maximum Gasteiger partial charge on any atom is 0.0585 e. The average Bonchev–Trinajstić information content (AvgIpc) is 2.21. The van der Waals surface area contributed by atoms with E-state index < -0.39 is 0 Å². The largest absolute Gasteiger partial charge is 0.381 e. The molecule has 0 aromatic rings. The number of rotatable bonds is 4. The van der Waals surface area contributed by atoms with Gasteiger partial charge in [0.1, 0.15) is 0 Å². The number of allylic oxidation sites excluding steroid dienone is 4. The highest BCUT2D eigenvalue weighted by atomic mass is 15.1. The molecule has 17 heavy (non-hydrogen) atoms. The fourth-order valence-corrected chi connectivity index (χ4v) is 1.66. The van der Waals surface area contributed by atoms with E-state index in [1.165, 1.54) is 5.57 Å². The van der Waals surface area contributed by atoms with Crippen molar-refractivity contribution in [1.29, 1.82) is 5.41 Å². The van der Waals surface area contributed by atoms with Gasteiger partial charge in [-0.25, -0.2) is 0 Å². The highest BCUT2D eigenvalue weighted by Gasteiger charge is 2.16. The third-order valence-corrected chi connectivity index (χ3v) is 3.28. The van der Waals surface area contributed by atoms with E-state index in [4.69, 9.17) is 5.41 Å². The van der Waals surface area contributed by atoms with Gasteiger partial charge < -0.3 is 10.3 Å². The molecular formula is C15H28N2. The maximum absolute atomic E-state index is 8.17. The molecule has 2 heteroatoms. The minimum absolute atomic E-state index is 0.146. The molecule has 0 aliphatic rings. The number of hydrogen-bond donors (Lipinski definition) is 1. The normalized spacial score (nSPS) is 14.5. The summed E-state index contributed by atoms with van der Waals surface area (Å²) in [4.78, 5) is 2.06. The van der Waals surface area contributed by atoms with E-state index in [1.807, 2.05) is 27.1 Å². The zero-order valence-electron chi connectivity index (χ0n) is 12.7. The standard InChI is InChI=1S/C15H28N2/c1-9-13(15(4,5)6)10-14(16)11(2)12(3)17(7)8/h10,16H,9H2,1-8H3/b12-11?,13-10+,16-14?. The highest BCUT2D eigenvalue weighted by molar-refractivity contribution is 6.06. The van der Waals surface area contributed by atoms with Crippen LogP contribution in [0.25, 0.3) is 0 Å². The predicted molar refractivity (Wildman–Crippen MR) is 77.6 cm³/mol. The third kappa shape index (κ3) is 4.76. The molecule has 0 aliphatic heterocycles. The molecule has 0 heterocycles. The predicted octanol–water partition coefficient (Wildman–Crippen LogP) is 4.24. The van der Waals surface area contributed by atoms with Crippen molar-refractivity contribution in [3.8, 4) is 0 Å². The van der Waals surface area contributed by atoms with Gasteiger partial charge in [-0.3, -0.25) is 0 Å². The van der Waals surface area contributed by atoms with Gasteiger partial charge >= 0.3 is 0 Å². The van der Waals surface area contributed by atoms with Crippen molar-refractivity contribution >= 4 is 5.71 Å². The van der Waals surface area contributed by atoms with Crippen molar-refractivity contribution < 1.29 is 0 Å².